The second-order valence-electron chi connectivity index (χ2n) is 9.18. The van der Waals surface area contributed by atoms with Gasteiger partial charge in [-0.2, -0.15) is 0 Å². The van der Waals surface area contributed by atoms with Crippen molar-refractivity contribution in [2.24, 2.45) is 0 Å². The van der Waals surface area contributed by atoms with Crippen LogP contribution in [0.5, 0.6) is 0 Å². The maximum absolute atomic E-state index is 11.8. The number of allylic oxidation sites excluding steroid dienone is 2. The van der Waals surface area contributed by atoms with Crippen molar-refractivity contribution in [2.75, 3.05) is 13.1 Å². The van der Waals surface area contributed by atoms with Crippen molar-refractivity contribution < 1.29 is 4.79 Å². The fourth-order valence-electron chi connectivity index (χ4n) is 4.85. The van der Waals surface area contributed by atoms with E-state index in [1.165, 1.54) is 11.3 Å². The number of unbranched alkanes of at least 4 members (excludes halogenated alkanes) is 1. The molecular formula is C28H34N4O. The highest BCUT2D eigenvalue weighted by atomic mass is 16.2. The molecule has 2 amide bonds. The Bertz CT molecular complexity index is 1010. The molecule has 5 nitrogen and oxygen atoms in total. The Kier molecular flexibility index (Phi) is 6.68. The van der Waals surface area contributed by atoms with Crippen LogP contribution in [0.1, 0.15) is 50.7 Å². The summed E-state index contributed by atoms with van der Waals surface area (Å²) in [5.41, 5.74) is 5.27. The van der Waals surface area contributed by atoms with E-state index in [2.05, 4.69) is 70.6 Å². The number of carbonyl (C=O) groups excluding carboxylic acids is 1. The molecule has 0 spiro atoms. The van der Waals surface area contributed by atoms with E-state index in [0.717, 1.165) is 48.9 Å². The van der Waals surface area contributed by atoms with E-state index in [4.69, 9.17) is 5.41 Å². The van der Waals surface area contributed by atoms with E-state index in [1.807, 2.05) is 26.0 Å². The summed E-state index contributed by atoms with van der Waals surface area (Å²) in [6.45, 7) is 9.74. The normalized spacial score (nSPS) is 17.0. The van der Waals surface area contributed by atoms with Gasteiger partial charge in [-0.15, -0.1) is 0 Å². The van der Waals surface area contributed by atoms with E-state index < -0.39 is 5.41 Å². The zero-order valence-electron chi connectivity index (χ0n) is 19.7. The zero-order chi connectivity index (χ0) is 23.4. The maximum Gasteiger partial charge on any atom is 0.314 e. The molecule has 4 rings (SSSR count). The van der Waals surface area contributed by atoms with Crippen molar-refractivity contribution in [3.8, 4) is 0 Å². The molecule has 1 saturated heterocycles. The number of rotatable bonds is 8. The summed E-state index contributed by atoms with van der Waals surface area (Å²) in [5, 5.41) is 14.8. The number of likely N-dealkylation sites (tertiary alicyclic amines) is 1. The Morgan fingerprint density at radius 3 is 2.12 bits per heavy atom. The molecule has 0 atom stereocenters. The molecule has 2 aromatic rings. The predicted molar refractivity (Wildman–Crippen MR) is 134 cm³/mol. The van der Waals surface area contributed by atoms with Crippen molar-refractivity contribution in [1.29, 1.82) is 5.41 Å². The summed E-state index contributed by atoms with van der Waals surface area (Å²) in [4.78, 5) is 14.0. The van der Waals surface area contributed by atoms with Gasteiger partial charge in [-0.1, -0.05) is 67.2 Å². The van der Waals surface area contributed by atoms with Crippen LogP contribution in [-0.2, 0) is 5.41 Å². The average Bonchev–Trinajstić information content (AvgIpc) is 3.62. The van der Waals surface area contributed by atoms with Gasteiger partial charge in [0.2, 0.25) is 0 Å². The van der Waals surface area contributed by atoms with Gasteiger partial charge in [-0.05, 0) is 56.2 Å². The molecule has 2 aromatic carbocycles. The van der Waals surface area contributed by atoms with E-state index in [0.29, 0.717) is 12.4 Å². The summed E-state index contributed by atoms with van der Waals surface area (Å²) in [7, 11) is 0. The number of nitrogens with zero attached hydrogens (tertiary/aromatic N) is 1. The third-order valence-corrected chi connectivity index (χ3v) is 6.40. The standard InChI is InChI=1S/C28H34N4O/c1-20(2)31-27(33)30-18-10-11-19-32-25(22-16-17-22)28(21(3)26(32)29,23-12-6-4-7-13-23)24-14-8-5-9-15-24/h4-9,12-15,20,29H,3,10-11,16-19H2,1-2H3,(H2,30,31,33). The molecule has 0 unspecified atom stereocenters. The largest absolute Gasteiger partial charge is 0.338 e. The van der Waals surface area contributed by atoms with Gasteiger partial charge in [0.15, 0.2) is 0 Å². The van der Waals surface area contributed by atoms with Crippen LogP contribution in [0.2, 0.25) is 0 Å². The van der Waals surface area contributed by atoms with Crippen LogP contribution in [0.15, 0.2) is 84.1 Å². The molecule has 1 aliphatic heterocycles. The van der Waals surface area contributed by atoms with Gasteiger partial charge in [0, 0.05) is 30.4 Å². The minimum Gasteiger partial charge on any atom is -0.338 e. The van der Waals surface area contributed by atoms with Crippen molar-refractivity contribution >= 4 is 11.9 Å². The van der Waals surface area contributed by atoms with Crippen molar-refractivity contribution in [2.45, 2.75) is 51.0 Å². The fraction of sp³-hybridized carbons (Fsp3) is 0.357. The monoisotopic (exact) mass is 442 g/mol. The van der Waals surface area contributed by atoms with E-state index in [9.17, 15) is 4.79 Å². The second kappa shape index (κ2) is 9.65. The summed E-state index contributed by atoms with van der Waals surface area (Å²) in [5.74, 6) is 0.502. The highest BCUT2D eigenvalue weighted by Gasteiger charge is 2.53. The highest BCUT2D eigenvalue weighted by Crippen LogP contribution is 2.55. The quantitative estimate of drug-likeness (QED) is 0.482. The molecule has 33 heavy (non-hydrogen) atoms. The van der Waals surface area contributed by atoms with Crippen molar-refractivity contribution in [3.05, 3.63) is 95.2 Å². The lowest BCUT2D eigenvalue weighted by atomic mass is 9.68. The molecule has 2 aliphatic rings. The van der Waals surface area contributed by atoms with Crippen LogP contribution in [0.3, 0.4) is 0 Å². The number of benzene rings is 2. The van der Waals surface area contributed by atoms with Crippen LogP contribution in [-0.4, -0.2) is 35.9 Å². The van der Waals surface area contributed by atoms with Crippen molar-refractivity contribution in [3.63, 3.8) is 0 Å². The van der Waals surface area contributed by atoms with Gasteiger partial charge in [0.25, 0.3) is 0 Å². The van der Waals surface area contributed by atoms with Gasteiger partial charge in [0.1, 0.15) is 5.84 Å². The Morgan fingerprint density at radius 1 is 1.03 bits per heavy atom. The molecule has 2 fully saturated rings. The topological polar surface area (TPSA) is 68.2 Å². The first kappa shape index (κ1) is 22.8. The molecule has 1 saturated carbocycles. The predicted octanol–water partition coefficient (Wildman–Crippen LogP) is 5.36. The van der Waals surface area contributed by atoms with Gasteiger partial charge in [0.05, 0.1) is 5.41 Å². The summed E-state index contributed by atoms with van der Waals surface area (Å²) < 4.78 is 0. The van der Waals surface area contributed by atoms with Crippen LogP contribution in [0.25, 0.3) is 0 Å². The number of nitrogens with one attached hydrogen (secondary N) is 3. The van der Waals surface area contributed by atoms with Crippen LogP contribution in [0, 0.1) is 5.41 Å². The maximum atomic E-state index is 11.8. The zero-order valence-corrected chi connectivity index (χ0v) is 19.7. The first-order valence-electron chi connectivity index (χ1n) is 11.9. The van der Waals surface area contributed by atoms with E-state index >= 15 is 0 Å². The summed E-state index contributed by atoms with van der Waals surface area (Å²) in [6, 6.07) is 21.0. The molecule has 1 aliphatic carbocycles. The number of amidine groups is 1. The molecule has 1 heterocycles. The Labute approximate surface area is 197 Å². The Balaban J connectivity index is 1.60. The fourth-order valence-corrected chi connectivity index (χ4v) is 4.85. The first-order valence-corrected chi connectivity index (χ1v) is 11.9. The molecule has 3 N–H and O–H groups in total. The molecule has 172 valence electrons. The van der Waals surface area contributed by atoms with Crippen LogP contribution < -0.4 is 10.6 Å². The number of hydrogen-bond donors (Lipinski definition) is 3. The minimum absolute atomic E-state index is 0.123. The lowest BCUT2D eigenvalue weighted by molar-refractivity contribution is 0.238. The van der Waals surface area contributed by atoms with E-state index in [-0.39, 0.29) is 12.1 Å². The molecule has 5 heteroatoms. The third-order valence-electron chi connectivity index (χ3n) is 6.40. The average molecular weight is 443 g/mol. The van der Waals surface area contributed by atoms with Crippen molar-refractivity contribution in [1.82, 2.24) is 15.5 Å². The number of amides is 2. The first-order chi connectivity index (χ1) is 16.0. The number of urea groups is 1. The number of carbonyl (C=O) groups is 1. The van der Waals surface area contributed by atoms with Gasteiger partial charge < -0.3 is 15.5 Å². The summed E-state index contributed by atoms with van der Waals surface area (Å²) in [6.07, 6.45) is 3.89. The van der Waals surface area contributed by atoms with Crippen LogP contribution in [0.4, 0.5) is 4.79 Å². The lowest BCUT2D eigenvalue weighted by Gasteiger charge is -2.34. The van der Waals surface area contributed by atoms with Gasteiger partial charge in [-0.3, -0.25) is 5.41 Å². The SMILES string of the molecule is C=C1C(=N)N(CCCCNC(=O)NC(C)C)C(=C2CC2)C1(c1ccccc1)c1ccccc1. The summed E-state index contributed by atoms with van der Waals surface area (Å²) >= 11 is 0. The highest BCUT2D eigenvalue weighted by molar-refractivity contribution is 6.05. The van der Waals surface area contributed by atoms with Gasteiger partial charge in [-0.25, -0.2) is 4.79 Å². The van der Waals surface area contributed by atoms with E-state index in [1.54, 1.807) is 0 Å². The lowest BCUT2D eigenvalue weighted by Crippen LogP contribution is -2.40. The van der Waals surface area contributed by atoms with Crippen LogP contribution >= 0.6 is 0 Å². The Hall–Kier alpha value is -3.34. The molecule has 0 aromatic heterocycles. The molecular weight excluding hydrogens is 408 g/mol. The minimum atomic E-state index is -0.527. The molecule has 0 radical (unpaired) electrons. The second-order valence-corrected chi connectivity index (χ2v) is 9.18. The van der Waals surface area contributed by atoms with Gasteiger partial charge >= 0.3 is 6.03 Å². The smallest absolute Gasteiger partial charge is 0.314 e. The molecule has 0 bridgehead atoms. The Morgan fingerprint density at radius 2 is 1.61 bits per heavy atom. The third kappa shape index (κ3) is 4.45. The number of hydrogen-bond acceptors (Lipinski definition) is 2.